The number of fused-ring (bicyclic) bond motifs is 1. The number of allylic oxidation sites excluding steroid dienone is 1. The van der Waals surface area contributed by atoms with Gasteiger partial charge in [0.2, 0.25) is 0 Å². The number of aryl methyl sites for hydroxylation is 1. The van der Waals surface area contributed by atoms with Crippen molar-refractivity contribution in [1.29, 1.82) is 0 Å². The fourth-order valence-corrected chi connectivity index (χ4v) is 6.24. The number of carbonyl (C=O) groups is 1. The van der Waals surface area contributed by atoms with Crippen LogP contribution in [0, 0.1) is 5.82 Å². The van der Waals surface area contributed by atoms with Crippen LogP contribution in [-0.2, 0) is 17.8 Å². The molecule has 1 heterocycles. The molecule has 0 spiro atoms. The molecule has 1 aliphatic heterocycles. The minimum Gasteiger partial charge on any atom is -0.496 e. The molecular weight excluding hydrogens is 627 g/mol. The standard InChI is InChI=1S/C39H41FN2O4.2C2H6/c1-39(2,3)46-38(43)42-22-20-41(21-23-42)29-15-18-34(36(25-29)44-4)37-31-19-16-30(45-26-27-10-6-5-7-11-27)24-28(31)14-17-33(37)32-12-8-9-13-35(32)40;2*1-2/h5-13,15-16,18-19,24-25H,14,17,20-23,26H2,1-4H3;2*1-2H3. The molecule has 4 aromatic rings. The number of halogens is 1. The van der Waals surface area contributed by atoms with Crippen LogP contribution in [0.25, 0.3) is 11.1 Å². The summed E-state index contributed by atoms with van der Waals surface area (Å²) in [7, 11) is 1.68. The highest BCUT2D eigenvalue weighted by atomic mass is 19.1. The zero-order valence-electron chi connectivity index (χ0n) is 31.0. The van der Waals surface area contributed by atoms with Crippen molar-refractivity contribution in [2.45, 2.75) is 73.5 Å². The monoisotopic (exact) mass is 680 g/mol. The number of hydrogen-bond acceptors (Lipinski definition) is 5. The lowest BCUT2D eigenvalue weighted by atomic mass is 9.79. The molecule has 266 valence electrons. The lowest BCUT2D eigenvalue weighted by molar-refractivity contribution is 0.0240. The smallest absolute Gasteiger partial charge is 0.410 e. The second kappa shape index (κ2) is 17.7. The van der Waals surface area contributed by atoms with E-state index in [0.717, 1.165) is 51.3 Å². The molecule has 6 nitrogen and oxygen atoms in total. The topological polar surface area (TPSA) is 51.2 Å². The summed E-state index contributed by atoms with van der Waals surface area (Å²) >= 11 is 0. The highest BCUT2D eigenvalue weighted by molar-refractivity contribution is 6.02. The van der Waals surface area contributed by atoms with Gasteiger partial charge in [-0.3, -0.25) is 0 Å². The molecule has 0 radical (unpaired) electrons. The first-order chi connectivity index (χ1) is 24.2. The van der Waals surface area contributed by atoms with Crippen LogP contribution < -0.4 is 14.4 Å². The van der Waals surface area contributed by atoms with Crippen molar-refractivity contribution in [2.75, 3.05) is 38.2 Å². The Hall–Kier alpha value is -4.78. The molecule has 2 aliphatic rings. The number of rotatable bonds is 7. The number of amides is 1. The molecule has 4 aromatic carbocycles. The molecule has 7 heteroatoms. The van der Waals surface area contributed by atoms with Gasteiger partial charge in [0.15, 0.2) is 0 Å². The van der Waals surface area contributed by atoms with E-state index in [2.05, 4.69) is 47.4 Å². The maximum atomic E-state index is 15.3. The second-order valence-electron chi connectivity index (χ2n) is 12.8. The molecule has 1 amide bonds. The lowest BCUT2D eigenvalue weighted by Crippen LogP contribution is -2.50. The van der Waals surface area contributed by atoms with E-state index in [0.29, 0.717) is 50.5 Å². The van der Waals surface area contributed by atoms with E-state index in [9.17, 15) is 4.79 Å². The fourth-order valence-electron chi connectivity index (χ4n) is 6.24. The Balaban J connectivity index is 0.00000136. The Kier molecular flexibility index (Phi) is 13.5. The summed E-state index contributed by atoms with van der Waals surface area (Å²) in [5.74, 6) is 1.29. The number of piperazine rings is 1. The maximum Gasteiger partial charge on any atom is 0.410 e. The molecule has 0 saturated carbocycles. The summed E-state index contributed by atoms with van der Waals surface area (Å²) in [6.07, 6.45) is 1.17. The normalized spacial score (nSPS) is 14.0. The minimum atomic E-state index is -0.526. The fraction of sp³-hybridized carbons (Fsp3) is 0.372. The van der Waals surface area contributed by atoms with Crippen LogP contribution in [0.15, 0.2) is 91.0 Å². The van der Waals surface area contributed by atoms with Gasteiger partial charge in [0.1, 0.15) is 29.5 Å². The van der Waals surface area contributed by atoms with Gasteiger partial charge >= 0.3 is 6.09 Å². The van der Waals surface area contributed by atoms with Crippen LogP contribution in [0.3, 0.4) is 0 Å². The minimum absolute atomic E-state index is 0.236. The van der Waals surface area contributed by atoms with Crippen LogP contribution in [0.5, 0.6) is 11.5 Å². The average molecular weight is 681 g/mol. The van der Waals surface area contributed by atoms with E-state index in [4.69, 9.17) is 14.2 Å². The van der Waals surface area contributed by atoms with Gasteiger partial charge in [-0.25, -0.2) is 9.18 Å². The van der Waals surface area contributed by atoms with Gasteiger partial charge in [0, 0.05) is 49.1 Å². The van der Waals surface area contributed by atoms with Crippen molar-refractivity contribution in [3.8, 4) is 11.5 Å². The van der Waals surface area contributed by atoms with E-state index in [1.165, 1.54) is 6.07 Å². The van der Waals surface area contributed by atoms with Gasteiger partial charge in [-0.1, -0.05) is 82.3 Å². The number of carbonyl (C=O) groups excluding carboxylic acids is 1. The summed E-state index contributed by atoms with van der Waals surface area (Å²) in [5, 5.41) is 0. The molecular formula is C43H53FN2O4. The first kappa shape index (κ1) is 38.0. The molecule has 1 aliphatic carbocycles. The molecule has 0 unspecified atom stereocenters. The van der Waals surface area contributed by atoms with Crippen LogP contribution in [0.2, 0.25) is 0 Å². The summed E-state index contributed by atoms with van der Waals surface area (Å²) in [6, 6.07) is 29.5. The largest absolute Gasteiger partial charge is 0.496 e. The number of anilines is 1. The third-order valence-electron chi connectivity index (χ3n) is 8.49. The molecule has 0 bridgehead atoms. The van der Waals surface area contributed by atoms with Gasteiger partial charge in [0.25, 0.3) is 0 Å². The number of ether oxygens (including phenoxy) is 3. The number of benzene rings is 4. The van der Waals surface area contributed by atoms with Crippen molar-refractivity contribution in [3.63, 3.8) is 0 Å². The van der Waals surface area contributed by atoms with Gasteiger partial charge < -0.3 is 24.0 Å². The molecule has 0 aromatic heterocycles. The van der Waals surface area contributed by atoms with Crippen LogP contribution >= 0.6 is 0 Å². The average Bonchev–Trinajstić information content (AvgIpc) is 3.15. The van der Waals surface area contributed by atoms with Crippen molar-refractivity contribution < 1.29 is 23.4 Å². The molecule has 1 fully saturated rings. The summed E-state index contributed by atoms with van der Waals surface area (Å²) < 4.78 is 33.1. The summed E-state index contributed by atoms with van der Waals surface area (Å²) in [6.45, 7) is 16.6. The van der Waals surface area contributed by atoms with Crippen molar-refractivity contribution in [3.05, 3.63) is 125 Å². The first-order valence-electron chi connectivity index (χ1n) is 17.9. The molecule has 50 heavy (non-hydrogen) atoms. The van der Waals surface area contributed by atoms with E-state index < -0.39 is 5.60 Å². The Labute approximate surface area is 298 Å². The molecule has 6 rings (SSSR count). The van der Waals surface area contributed by atoms with Crippen molar-refractivity contribution >= 4 is 22.9 Å². The van der Waals surface area contributed by atoms with Crippen molar-refractivity contribution in [1.82, 2.24) is 4.90 Å². The summed E-state index contributed by atoms with van der Waals surface area (Å²) in [5.41, 5.74) is 7.25. The van der Waals surface area contributed by atoms with E-state index in [1.807, 2.05) is 84.9 Å². The molecule has 0 N–H and O–H groups in total. The van der Waals surface area contributed by atoms with E-state index >= 15 is 4.39 Å². The Bertz CT molecular complexity index is 1740. The first-order valence-corrected chi connectivity index (χ1v) is 17.9. The van der Waals surface area contributed by atoms with Crippen LogP contribution in [0.1, 0.15) is 82.7 Å². The quantitative estimate of drug-likeness (QED) is 0.194. The Morgan fingerprint density at radius 3 is 2.08 bits per heavy atom. The van der Waals surface area contributed by atoms with E-state index in [-0.39, 0.29) is 11.9 Å². The third kappa shape index (κ3) is 9.26. The van der Waals surface area contributed by atoms with Gasteiger partial charge in [0.05, 0.1) is 7.11 Å². The number of nitrogens with zero attached hydrogens (tertiary/aromatic N) is 2. The van der Waals surface area contributed by atoms with Gasteiger partial charge in [-0.05, 0) is 91.8 Å². The summed E-state index contributed by atoms with van der Waals surface area (Å²) in [4.78, 5) is 16.6. The zero-order chi connectivity index (χ0) is 36.3. The highest BCUT2D eigenvalue weighted by Gasteiger charge is 2.28. The molecule has 1 saturated heterocycles. The highest BCUT2D eigenvalue weighted by Crippen LogP contribution is 2.45. The Morgan fingerprint density at radius 2 is 1.42 bits per heavy atom. The SMILES string of the molecule is CC.CC.COc1cc(N2CCN(C(=O)OC(C)(C)C)CC2)ccc1C1=C(c2ccccc2F)CCc2cc(OCc3ccccc3)ccc21. The zero-order valence-corrected chi connectivity index (χ0v) is 31.0. The maximum absolute atomic E-state index is 15.3. The van der Waals surface area contributed by atoms with Gasteiger partial charge in [-0.2, -0.15) is 0 Å². The number of hydrogen-bond donors (Lipinski definition) is 0. The third-order valence-corrected chi connectivity index (χ3v) is 8.49. The second-order valence-corrected chi connectivity index (χ2v) is 12.8. The lowest BCUT2D eigenvalue weighted by Gasteiger charge is -2.37. The van der Waals surface area contributed by atoms with Gasteiger partial charge in [-0.15, -0.1) is 0 Å². The van der Waals surface area contributed by atoms with Crippen LogP contribution in [-0.4, -0.2) is 49.9 Å². The number of methoxy groups -OCH3 is 1. The van der Waals surface area contributed by atoms with Crippen LogP contribution in [0.4, 0.5) is 14.9 Å². The predicted molar refractivity (Wildman–Crippen MR) is 204 cm³/mol. The molecule has 0 atom stereocenters. The predicted octanol–water partition coefficient (Wildman–Crippen LogP) is 10.4. The Morgan fingerprint density at radius 1 is 0.760 bits per heavy atom. The van der Waals surface area contributed by atoms with Crippen molar-refractivity contribution in [2.24, 2.45) is 0 Å². The van der Waals surface area contributed by atoms with E-state index in [1.54, 1.807) is 18.1 Å².